The average molecular weight is 386 g/mol. The standard InChI is InChI=1S/C15H18N2O6S2/c16-12(14(20)21)9-25-24-8-11(13(18)19)6-17-15(22)23-7-10-4-2-1-3-5-10/h1-5,11,16H,6-9H2,(H,17,22)(H,18,19)(H,20,21)/t11-/m0/s1. The molecule has 25 heavy (non-hydrogen) atoms. The summed E-state index contributed by atoms with van der Waals surface area (Å²) < 4.78 is 4.99. The lowest BCUT2D eigenvalue weighted by atomic mass is 10.2. The summed E-state index contributed by atoms with van der Waals surface area (Å²) in [5.41, 5.74) is 0.368. The highest BCUT2D eigenvalue weighted by Crippen LogP contribution is 2.24. The van der Waals surface area contributed by atoms with Crippen molar-refractivity contribution in [3.63, 3.8) is 0 Å². The quantitative estimate of drug-likeness (QED) is 0.258. The summed E-state index contributed by atoms with van der Waals surface area (Å²) in [5.74, 6) is -3.10. The van der Waals surface area contributed by atoms with Crippen molar-refractivity contribution >= 4 is 45.3 Å². The van der Waals surface area contributed by atoms with E-state index in [1.54, 1.807) is 12.1 Å². The van der Waals surface area contributed by atoms with Crippen molar-refractivity contribution in [3.05, 3.63) is 35.9 Å². The molecule has 0 aliphatic heterocycles. The Bertz CT molecular complexity index is 611. The van der Waals surface area contributed by atoms with Crippen molar-refractivity contribution in [2.45, 2.75) is 6.61 Å². The zero-order chi connectivity index (χ0) is 18.7. The maximum Gasteiger partial charge on any atom is 0.407 e. The largest absolute Gasteiger partial charge is 0.481 e. The SMILES string of the molecule is N=C(CSSC[C@H](CNC(=O)OCc1ccccc1)C(=O)O)C(=O)O. The maximum atomic E-state index is 11.6. The Morgan fingerprint density at radius 2 is 1.84 bits per heavy atom. The Morgan fingerprint density at radius 3 is 2.44 bits per heavy atom. The number of benzene rings is 1. The summed E-state index contributed by atoms with van der Waals surface area (Å²) >= 11 is 0. The van der Waals surface area contributed by atoms with Crippen molar-refractivity contribution in [2.24, 2.45) is 5.92 Å². The first-order valence-corrected chi connectivity index (χ1v) is 9.61. The Balaban J connectivity index is 2.27. The summed E-state index contributed by atoms with van der Waals surface area (Å²) in [4.78, 5) is 33.3. The monoisotopic (exact) mass is 386 g/mol. The highest BCUT2D eigenvalue weighted by atomic mass is 33.1. The van der Waals surface area contributed by atoms with Gasteiger partial charge in [0.25, 0.3) is 0 Å². The lowest BCUT2D eigenvalue weighted by Crippen LogP contribution is -2.34. The van der Waals surface area contributed by atoms with Gasteiger partial charge in [-0.05, 0) is 5.56 Å². The molecule has 10 heteroatoms. The lowest BCUT2D eigenvalue weighted by molar-refractivity contribution is -0.140. The summed E-state index contributed by atoms with van der Waals surface area (Å²) in [6, 6.07) is 9.08. The second kappa shape index (κ2) is 11.4. The molecule has 1 amide bonds. The van der Waals surface area contributed by atoms with Crippen LogP contribution in [0.15, 0.2) is 30.3 Å². The van der Waals surface area contributed by atoms with Gasteiger partial charge in [-0.1, -0.05) is 51.9 Å². The van der Waals surface area contributed by atoms with Crippen LogP contribution >= 0.6 is 21.6 Å². The highest BCUT2D eigenvalue weighted by Gasteiger charge is 2.19. The molecule has 0 bridgehead atoms. The number of carbonyl (C=O) groups excluding carboxylic acids is 1. The van der Waals surface area contributed by atoms with Gasteiger partial charge < -0.3 is 20.3 Å². The van der Waals surface area contributed by atoms with Crippen LogP contribution in [0, 0.1) is 11.3 Å². The van der Waals surface area contributed by atoms with Gasteiger partial charge in [-0.25, -0.2) is 9.59 Å². The van der Waals surface area contributed by atoms with Crippen LogP contribution in [-0.2, 0) is 20.9 Å². The topological polar surface area (TPSA) is 137 Å². The van der Waals surface area contributed by atoms with Crippen LogP contribution in [0.2, 0.25) is 0 Å². The molecule has 136 valence electrons. The number of aliphatic carboxylic acids is 2. The van der Waals surface area contributed by atoms with Gasteiger partial charge >= 0.3 is 18.0 Å². The molecule has 0 spiro atoms. The third-order valence-corrected chi connectivity index (χ3v) is 5.24. The number of carboxylic acids is 2. The van der Waals surface area contributed by atoms with E-state index >= 15 is 0 Å². The summed E-state index contributed by atoms with van der Waals surface area (Å²) in [6.45, 7) is -0.0147. The van der Waals surface area contributed by atoms with Crippen LogP contribution in [0.3, 0.4) is 0 Å². The number of hydrogen-bond acceptors (Lipinski definition) is 7. The Morgan fingerprint density at radius 1 is 1.16 bits per heavy atom. The third-order valence-electron chi connectivity index (χ3n) is 2.87. The van der Waals surface area contributed by atoms with E-state index in [1.165, 1.54) is 0 Å². The molecule has 0 aliphatic rings. The minimum atomic E-state index is -1.30. The first kappa shape index (κ1) is 20.8. The van der Waals surface area contributed by atoms with Crippen molar-refractivity contribution in [2.75, 3.05) is 18.1 Å². The predicted molar refractivity (Wildman–Crippen MR) is 96.0 cm³/mol. The number of hydrogen-bond donors (Lipinski definition) is 4. The number of alkyl carbamates (subject to hydrolysis) is 1. The number of carboxylic acid groups (broad SMARTS) is 2. The van der Waals surface area contributed by atoms with Gasteiger partial charge in [0.05, 0.1) is 11.7 Å². The molecule has 1 atom stereocenters. The van der Waals surface area contributed by atoms with Crippen molar-refractivity contribution in [1.82, 2.24) is 5.32 Å². The minimum Gasteiger partial charge on any atom is -0.481 e. The fraction of sp³-hybridized carbons (Fsp3) is 0.333. The van der Waals surface area contributed by atoms with Crippen molar-refractivity contribution < 1.29 is 29.3 Å². The Kier molecular flexibility index (Phi) is 9.48. The van der Waals surface area contributed by atoms with E-state index in [9.17, 15) is 14.4 Å². The number of amides is 1. The zero-order valence-electron chi connectivity index (χ0n) is 13.1. The summed E-state index contributed by atoms with van der Waals surface area (Å²) in [7, 11) is 2.22. The molecule has 0 aromatic heterocycles. The molecule has 0 saturated carbocycles. The van der Waals surface area contributed by atoms with Crippen LogP contribution < -0.4 is 5.32 Å². The smallest absolute Gasteiger partial charge is 0.407 e. The van der Waals surface area contributed by atoms with Crippen LogP contribution in [0.25, 0.3) is 0 Å². The number of rotatable bonds is 11. The fourth-order valence-electron chi connectivity index (χ4n) is 1.49. The Labute approximate surface area is 152 Å². The van der Waals surface area contributed by atoms with Gasteiger partial charge in [0.15, 0.2) is 0 Å². The summed E-state index contributed by atoms with van der Waals surface area (Å²) in [6.07, 6.45) is -0.708. The molecule has 0 unspecified atom stereocenters. The van der Waals surface area contributed by atoms with E-state index in [0.29, 0.717) is 0 Å². The van der Waals surface area contributed by atoms with Crippen molar-refractivity contribution in [3.8, 4) is 0 Å². The maximum absolute atomic E-state index is 11.6. The number of ether oxygens (including phenoxy) is 1. The van der Waals surface area contributed by atoms with Gasteiger partial charge in [-0.2, -0.15) is 0 Å². The van der Waals surface area contributed by atoms with E-state index in [1.807, 2.05) is 18.2 Å². The van der Waals surface area contributed by atoms with Gasteiger partial charge in [0.1, 0.15) is 12.3 Å². The third kappa shape index (κ3) is 9.01. The molecule has 1 aromatic carbocycles. The molecule has 0 saturated heterocycles. The molecule has 8 nitrogen and oxygen atoms in total. The second-order valence-electron chi connectivity index (χ2n) is 4.81. The van der Waals surface area contributed by atoms with Gasteiger partial charge in [0, 0.05) is 12.3 Å². The molecule has 4 N–H and O–H groups in total. The molecule has 0 radical (unpaired) electrons. The van der Waals surface area contributed by atoms with Gasteiger partial charge in [0.2, 0.25) is 0 Å². The van der Waals surface area contributed by atoms with Crippen LogP contribution in [0.5, 0.6) is 0 Å². The average Bonchev–Trinajstić information content (AvgIpc) is 2.59. The number of nitrogens with one attached hydrogen (secondary N) is 2. The Hall–Kier alpha value is -2.20. The van der Waals surface area contributed by atoms with E-state index < -0.39 is 29.7 Å². The second-order valence-corrected chi connectivity index (χ2v) is 7.32. The van der Waals surface area contributed by atoms with E-state index in [0.717, 1.165) is 27.2 Å². The minimum absolute atomic E-state index is 0.0289. The predicted octanol–water partition coefficient (Wildman–Crippen LogP) is 2.10. The molecule has 0 aliphatic carbocycles. The highest BCUT2D eigenvalue weighted by molar-refractivity contribution is 8.76. The molecule has 0 heterocycles. The molecular weight excluding hydrogens is 368 g/mol. The number of carbonyl (C=O) groups is 3. The fourth-order valence-corrected chi connectivity index (χ4v) is 3.72. The first-order valence-electron chi connectivity index (χ1n) is 7.12. The van der Waals surface area contributed by atoms with E-state index in [2.05, 4.69) is 5.32 Å². The molecule has 1 aromatic rings. The van der Waals surface area contributed by atoms with Gasteiger partial charge in [-0.3, -0.25) is 10.2 Å². The van der Waals surface area contributed by atoms with Crippen molar-refractivity contribution in [1.29, 1.82) is 5.41 Å². The van der Waals surface area contributed by atoms with Crippen LogP contribution in [-0.4, -0.2) is 52.0 Å². The van der Waals surface area contributed by atoms with Crippen LogP contribution in [0.4, 0.5) is 4.79 Å². The van der Waals surface area contributed by atoms with Gasteiger partial charge in [-0.15, -0.1) is 0 Å². The lowest BCUT2D eigenvalue weighted by Gasteiger charge is -2.13. The molecule has 1 rings (SSSR count). The molecule has 0 fully saturated rings. The van der Waals surface area contributed by atoms with E-state index in [4.69, 9.17) is 20.4 Å². The summed E-state index contributed by atoms with van der Waals surface area (Å²) in [5, 5.41) is 27.2. The van der Waals surface area contributed by atoms with E-state index in [-0.39, 0.29) is 24.7 Å². The normalized spacial score (nSPS) is 11.4. The molecular formula is C15H18N2O6S2. The van der Waals surface area contributed by atoms with Crippen LogP contribution in [0.1, 0.15) is 5.56 Å². The first-order chi connectivity index (χ1) is 11.9. The zero-order valence-corrected chi connectivity index (χ0v) is 14.8.